The van der Waals surface area contributed by atoms with E-state index in [1.807, 2.05) is 20.8 Å². The standard InChI is InChI=1S/C21H24N4O4S2/c1-4-17-22-13(3)18-12(2)19(30-21(18)24-17)20(27)23-15-11-14(7-8-16(15)26)31(28,29)25-9-5-6-10-25/h7-8,11,26H,4-6,9-10H2,1-3H3,(H,23,27). The molecule has 0 unspecified atom stereocenters. The van der Waals surface area contributed by atoms with Crippen LogP contribution < -0.4 is 5.32 Å². The van der Waals surface area contributed by atoms with Gasteiger partial charge in [-0.25, -0.2) is 18.4 Å². The Morgan fingerprint density at radius 3 is 2.61 bits per heavy atom. The fourth-order valence-electron chi connectivity index (χ4n) is 3.80. The first-order chi connectivity index (χ1) is 14.7. The van der Waals surface area contributed by atoms with Crippen molar-refractivity contribution in [2.24, 2.45) is 0 Å². The van der Waals surface area contributed by atoms with Crippen molar-refractivity contribution in [3.05, 3.63) is 40.2 Å². The van der Waals surface area contributed by atoms with Crippen LogP contribution in [-0.4, -0.2) is 46.8 Å². The highest BCUT2D eigenvalue weighted by Gasteiger charge is 2.28. The summed E-state index contributed by atoms with van der Waals surface area (Å²) in [6.07, 6.45) is 2.35. The van der Waals surface area contributed by atoms with Crippen molar-refractivity contribution in [2.45, 2.75) is 44.9 Å². The molecule has 3 aromatic rings. The number of hydrogen-bond donors (Lipinski definition) is 2. The molecule has 0 radical (unpaired) electrons. The number of nitrogens with one attached hydrogen (secondary N) is 1. The Bertz CT molecular complexity index is 1280. The van der Waals surface area contributed by atoms with E-state index in [-0.39, 0.29) is 16.3 Å². The lowest BCUT2D eigenvalue weighted by Crippen LogP contribution is -2.28. The third-order valence-corrected chi connectivity index (χ3v) is 8.54. The van der Waals surface area contributed by atoms with Gasteiger partial charge in [0.25, 0.3) is 5.91 Å². The number of rotatable bonds is 5. The van der Waals surface area contributed by atoms with Gasteiger partial charge in [-0.1, -0.05) is 6.92 Å². The summed E-state index contributed by atoms with van der Waals surface area (Å²) in [6.45, 7) is 6.66. The SMILES string of the molecule is CCc1nc(C)c2c(C)c(C(=O)Nc3cc(S(=O)(=O)N4CCCC4)ccc3O)sc2n1. The minimum atomic E-state index is -3.67. The maximum atomic E-state index is 13.0. The maximum Gasteiger partial charge on any atom is 0.266 e. The van der Waals surface area contributed by atoms with Crippen molar-refractivity contribution in [1.82, 2.24) is 14.3 Å². The lowest BCUT2D eigenvalue weighted by Gasteiger charge is -2.16. The Morgan fingerprint density at radius 2 is 1.94 bits per heavy atom. The van der Waals surface area contributed by atoms with Gasteiger partial charge in [0.15, 0.2) is 0 Å². The second kappa shape index (κ2) is 8.18. The first-order valence-electron chi connectivity index (χ1n) is 10.1. The highest BCUT2D eigenvalue weighted by atomic mass is 32.2. The second-order valence-electron chi connectivity index (χ2n) is 7.56. The molecule has 3 heterocycles. The van der Waals surface area contributed by atoms with Gasteiger partial charge in [-0.2, -0.15) is 4.31 Å². The van der Waals surface area contributed by atoms with Crippen LogP contribution in [0, 0.1) is 13.8 Å². The van der Waals surface area contributed by atoms with Gasteiger partial charge >= 0.3 is 0 Å². The van der Waals surface area contributed by atoms with Crippen molar-refractivity contribution >= 4 is 43.2 Å². The molecule has 31 heavy (non-hydrogen) atoms. The van der Waals surface area contributed by atoms with Crippen molar-refractivity contribution in [2.75, 3.05) is 18.4 Å². The molecule has 1 aliphatic rings. The Labute approximate surface area is 185 Å². The predicted octanol–water partition coefficient (Wildman–Crippen LogP) is 3.61. The zero-order valence-electron chi connectivity index (χ0n) is 17.6. The zero-order chi connectivity index (χ0) is 22.3. The van der Waals surface area contributed by atoms with Gasteiger partial charge < -0.3 is 10.4 Å². The van der Waals surface area contributed by atoms with Crippen molar-refractivity contribution in [3.8, 4) is 5.75 Å². The van der Waals surface area contributed by atoms with Crippen molar-refractivity contribution in [1.29, 1.82) is 0 Å². The molecule has 0 aliphatic carbocycles. The first-order valence-corrected chi connectivity index (χ1v) is 12.4. The molecule has 0 saturated carbocycles. The number of aromatic nitrogens is 2. The fraction of sp³-hybridized carbons (Fsp3) is 0.381. The number of aryl methyl sites for hydroxylation is 3. The minimum Gasteiger partial charge on any atom is -0.506 e. The molecule has 8 nitrogen and oxygen atoms in total. The molecule has 1 aromatic carbocycles. The summed E-state index contributed by atoms with van der Waals surface area (Å²) in [6, 6.07) is 3.96. The average molecular weight is 461 g/mol. The molecular weight excluding hydrogens is 436 g/mol. The largest absolute Gasteiger partial charge is 0.506 e. The van der Waals surface area contributed by atoms with Crippen LogP contribution in [0.25, 0.3) is 10.2 Å². The number of nitrogens with zero attached hydrogens (tertiary/aromatic N) is 3. The van der Waals surface area contributed by atoms with Gasteiger partial charge in [0.2, 0.25) is 10.0 Å². The predicted molar refractivity (Wildman–Crippen MR) is 120 cm³/mol. The number of anilines is 1. The lowest BCUT2D eigenvalue weighted by atomic mass is 10.1. The number of sulfonamides is 1. The quantitative estimate of drug-likeness (QED) is 0.563. The van der Waals surface area contributed by atoms with E-state index in [2.05, 4.69) is 15.3 Å². The first kappa shape index (κ1) is 21.7. The van der Waals surface area contributed by atoms with E-state index in [1.54, 1.807) is 0 Å². The van der Waals surface area contributed by atoms with Crippen LogP contribution in [0.2, 0.25) is 0 Å². The molecule has 1 aliphatic heterocycles. The second-order valence-corrected chi connectivity index (χ2v) is 10.5. The zero-order valence-corrected chi connectivity index (χ0v) is 19.2. The smallest absolute Gasteiger partial charge is 0.266 e. The number of aromatic hydroxyl groups is 1. The number of benzene rings is 1. The Hall–Kier alpha value is -2.56. The van der Waals surface area contributed by atoms with Crippen molar-refractivity contribution in [3.63, 3.8) is 0 Å². The summed E-state index contributed by atoms with van der Waals surface area (Å²) in [4.78, 5) is 23.3. The van der Waals surface area contributed by atoms with Crippen LogP contribution in [0.4, 0.5) is 5.69 Å². The fourth-order valence-corrected chi connectivity index (χ4v) is 6.49. The average Bonchev–Trinajstić information content (AvgIpc) is 3.38. The third-order valence-electron chi connectivity index (χ3n) is 5.46. The van der Waals surface area contributed by atoms with Crippen LogP contribution in [-0.2, 0) is 16.4 Å². The lowest BCUT2D eigenvalue weighted by molar-refractivity contribution is 0.102. The number of carbonyl (C=O) groups excluding carboxylic acids is 1. The van der Waals surface area contributed by atoms with Gasteiger partial charge in [-0.05, 0) is 50.5 Å². The number of phenols is 1. The summed E-state index contributed by atoms with van der Waals surface area (Å²) >= 11 is 1.26. The minimum absolute atomic E-state index is 0.0462. The molecule has 2 N–H and O–H groups in total. The number of carbonyl (C=O) groups is 1. The monoisotopic (exact) mass is 460 g/mol. The summed E-state index contributed by atoms with van der Waals surface area (Å²) in [5, 5.41) is 13.8. The van der Waals surface area contributed by atoms with E-state index in [0.29, 0.717) is 24.4 Å². The van der Waals surface area contributed by atoms with Crippen LogP contribution in [0.1, 0.15) is 46.5 Å². The van der Waals surface area contributed by atoms with Gasteiger partial charge in [0.05, 0.1) is 15.5 Å². The third kappa shape index (κ3) is 3.90. The van der Waals surface area contributed by atoms with Crippen LogP contribution in [0.3, 0.4) is 0 Å². The molecule has 1 saturated heterocycles. The molecule has 164 valence electrons. The molecule has 0 spiro atoms. The van der Waals surface area contributed by atoms with E-state index in [0.717, 1.165) is 40.1 Å². The Balaban J connectivity index is 1.67. The molecule has 0 atom stereocenters. The van der Waals surface area contributed by atoms with E-state index >= 15 is 0 Å². The number of fused-ring (bicyclic) bond motifs is 1. The van der Waals surface area contributed by atoms with Gasteiger partial charge in [-0.15, -0.1) is 11.3 Å². The maximum absolute atomic E-state index is 13.0. The Kier molecular flexibility index (Phi) is 5.71. The highest BCUT2D eigenvalue weighted by Crippen LogP contribution is 2.34. The topological polar surface area (TPSA) is 112 Å². The van der Waals surface area contributed by atoms with Crippen LogP contribution >= 0.6 is 11.3 Å². The molecular formula is C21H24N4O4S2. The van der Waals surface area contributed by atoms with Gasteiger partial charge in [0, 0.05) is 30.6 Å². The van der Waals surface area contributed by atoms with Gasteiger partial charge in [-0.3, -0.25) is 4.79 Å². The summed E-state index contributed by atoms with van der Waals surface area (Å²) < 4.78 is 27.1. The van der Waals surface area contributed by atoms with Gasteiger partial charge in [0.1, 0.15) is 16.4 Å². The van der Waals surface area contributed by atoms with E-state index < -0.39 is 15.9 Å². The van der Waals surface area contributed by atoms with Crippen LogP contribution in [0.5, 0.6) is 5.75 Å². The highest BCUT2D eigenvalue weighted by molar-refractivity contribution is 7.89. The number of thiophene rings is 1. The molecule has 1 fully saturated rings. The number of phenolic OH excluding ortho intramolecular Hbond substituents is 1. The van der Waals surface area contributed by atoms with E-state index in [1.165, 1.54) is 33.8 Å². The van der Waals surface area contributed by atoms with Crippen LogP contribution in [0.15, 0.2) is 23.1 Å². The number of hydrogen-bond acceptors (Lipinski definition) is 7. The summed E-state index contributed by atoms with van der Waals surface area (Å²) in [5.41, 5.74) is 1.63. The molecule has 10 heteroatoms. The molecule has 0 bridgehead atoms. The molecule has 1 amide bonds. The molecule has 4 rings (SSSR count). The van der Waals surface area contributed by atoms with E-state index in [4.69, 9.17) is 0 Å². The summed E-state index contributed by atoms with van der Waals surface area (Å²) in [7, 11) is -3.67. The molecule has 2 aromatic heterocycles. The number of amides is 1. The van der Waals surface area contributed by atoms with Crippen molar-refractivity contribution < 1.29 is 18.3 Å². The normalized spacial score (nSPS) is 14.9. The Morgan fingerprint density at radius 1 is 1.23 bits per heavy atom. The van der Waals surface area contributed by atoms with E-state index in [9.17, 15) is 18.3 Å². The summed E-state index contributed by atoms with van der Waals surface area (Å²) in [5.74, 6) is 0.0939.